The van der Waals surface area contributed by atoms with Gasteiger partial charge in [0, 0.05) is 42.7 Å². The van der Waals surface area contributed by atoms with Crippen LogP contribution >= 0.6 is 38.5 Å². The lowest BCUT2D eigenvalue weighted by Crippen LogP contribution is -2.14. The minimum Gasteiger partial charge on any atom is -0.760 e. The summed E-state index contributed by atoms with van der Waals surface area (Å²) in [5.41, 5.74) is 11.4. The Labute approximate surface area is 200 Å². The van der Waals surface area contributed by atoms with Gasteiger partial charge in [0.2, 0.25) is 5.91 Å². The van der Waals surface area contributed by atoms with Crippen molar-refractivity contribution in [1.82, 2.24) is 0 Å². The molecule has 9 heteroatoms. The summed E-state index contributed by atoms with van der Waals surface area (Å²) in [6.07, 6.45) is 0.615. The molecule has 3 rings (SSSR count). The number of rotatable bonds is 5. The standard InChI is InChI=1S/C21H18BrIN2O.H3NO2S/c1-13-10-17(23)7-9-19(13)25-20-8-6-16(22)12-15(20)11-14-4-2-3-5-18(14)21(24)26;1-4(2)3/h2-10,12,25H,11H2,1H3,(H2,24,26);1H2,(H,2,3)/p-1. The summed E-state index contributed by atoms with van der Waals surface area (Å²) < 4.78 is 19.8. The first-order valence-electron chi connectivity index (χ1n) is 8.70. The maximum atomic E-state index is 11.7. The Morgan fingerprint density at radius 2 is 1.73 bits per heavy atom. The van der Waals surface area contributed by atoms with E-state index in [9.17, 15) is 4.79 Å². The molecule has 0 spiro atoms. The molecule has 3 aromatic rings. The third-order valence-electron chi connectivity index (χ3n) is 4.19. The highest BCUT2D eigenvalue weighted by Crippen LogP contribution is 2.29. The summed E-state index contributed by atoms with van der Waals surface area (Å²) in [4.78, 5) is 11.7. The summed E-state index contributed by atoms with van der Waals surface area (Å²) in [6.45, 7) is 2.09. The Balaban J connectivity index is 0.000000735. The van der Waals surface area contributed by atoms with Gasteiger partial charge in [0.05, 0.1) is 0 Å². The highest BCUT2D eigenvalue weighted by molar-refractivity contribution is 14.1. The van der Waals surface area contributed by atoms with E-state index >= 15 is 0 Å². The quantitative estimate of drug-likeness (QED) is 0.294. The molecule has 1 atom stereocenters. The molecule has 0 aromatic heterocycles. The van der Waals surface area contributed by atoms with E-state index in [1.807, 2.05) is 30.3 Å². The van der Waals surface area contributed by atoms with Crippen LogP contribution in [0.25, 0.3) is 0 Å². The molecule has 1 amide bonds. The van der Waals surface area contributed by atoms with E-state index in [-0.39, 0.29) is 0 Å². The monoisotopic (exact) mass is 600 g/mol. The number of amides is 1. The average molecular weight is 601 g/mol. The minimum atomic E-state index is -2.36. The molecule has 0 radical (unpaired) electrons. The lowest BCUT2D eigenvalue weighted by atomic mass is 9.98. The Bertz CT molecular complexity index is 1080. The molecule has 5 N–H and O–H groups in total. The third-order valence-corrected chi connectivity index (χ3v) is 5.35. The molecular formula is C21H20BrIN3O3S-. The summed E-state index contributed by atoms with van der Waals surface area (Å²) in [5, 5.41) is 7.55. The number of nitrogens with one attached hydrogen (secondary N) is 1. The van der Waals surface area contributed by atoms with Crippen LogP contribution in [0.4, 0.5) is 11.4 Å². The zero-order chi connectivity index (χ0) is 22.3. The van der Waals surface area contributed by atoms with Crippen molar-refractivity contribution in [3.8, 4) is 0 Å². The number of anilines is 2. The summed E-state index contributed by atoms with van der Waals surface area (Å²) in [5.74, 6) is -0.404. The van der Waals surface area contributed by atoms with Crippen LogP contribution in [0.3, 0.4) is 0 Å². The first-order valence-corrected chi connectivity index (χ1v) is 11.7. The largest absolute Gasteiger partial charge is 0.760 e. The lowest BCUT2D eigenvalue weighted by molar-refractivity contribution is 0.0999. The zero-order valence-electron chi connectivity index (χ0n) is 16.0. The number of carbonyl (C=O) groups excluding carboxylic acids is 1. The van der Waals surface area contributed by atoms with Crippen LogP contribution in [0.15, 0.2) is 65.1 Å². The van der Waals surface area contributed by atoms with E-state index in [2.05, 4.69) is 80.2 Å². The number of hydrogen-bond acceptors (Lipinski definition) is 4. The van der Waals surface area contributed by atoms with Crippen molar-refractivity contribution in [2.24, 2.45) is 10.9 Å². The van der Waals surface area contributed by atoms with E-state index < -0.39 is 17.2 Å². The summed E-state index contributed by atoms with van der Waals surface area (Å²) in [7, 11) is 0. The highest BCUT2D eigenvalue weighted by Gasteiger charge is 2.12. The summed E-state index contributed by atoms with van der Waals surface area (Å²) in [6, 6.07) is 19.9. The maximum absolute atomic E-state index is 11.7. The van der Waals surface area contributed by atoms with Crippen LogP contribution in [0.1, 0.15) is 27.0 Å². The van der Waals surface area contributed by atoms with Crippen molar-refractivity contribution in [2.75, 3.05) is 5.32 Å². The number of carbonyl (C=O) groups is 1. The second-order valence-electron chi connectivity index (χ2n) is 6.34. The van der Waals surface area contributed by atoms with E-state index in [0.29, 0.717) is 12.0 Å². The van der Waals surface area contributed by atoms with E-state index in [0.717, 1.165) is 27.0 Å². The van der Waals surface area contributed by atoms with Crippen molar-refractivity contribution in [1.29, 1.82) is 0 Å². The van der Waals surface area contributed by atoms with Gasteiger partial charge in [0.25, 0.3) is 0 Å². The van der Waals surface area contributed by atoms with Gasteiger partial charge < -0.3 is 15.6 Å². The second-order valence-corrected chi connectivity index (χ2v) is 9.03. The van der Waals surface area contributed by atoms with Crippen molar-refractivity contribution in [3.05, 3.63) is 91.0 Å². The molecule has 0 fully saturated rings. The molecule has 3 aromatic carbocycles. The smallest absolute Gasteiger partial charge is 0.248 e. The molecule has 6 nitrogen and oxygen atoms in total. The van der Waals surface area contributed by atoms with E-state index in [1.54, 1.807) is 6.07 Å². The van der Waals surface area contributed by atoms with Crippen molar-refractivity contribution < 1.29 is 13.6 Å². The molecule has 0 aliphatic heterocycles. The van der Waals surface area contributed by atoms with Crippen LogP contribution < -0.4 is 16.2 Å². The Hall–Kier alpha value is -1.79. The number of hydrogen-bond donors (Lipinski definition) is 3. The number of primary amides is 1. The van der Waals surface area contributed by atoms with Gasteiger partial charge in [0.1, 0.15) is 0 Å². The van der Waals surface area contributed by atoms with Crippen molar-refractivity contribution >= 4 is 67.1 Å². The normalized spacial score (nSPS) is 11.2. The number of nitrogens with two attached hydrogens (primary N) is 2. The van der Waals surface area contributed by atoms with Gasteiger partial charge in [-0.25, -0.2) is 0 Å². The van der Waals surface area contributed by atoms with E-state index in [4.69, 9.17) is 14.5 Å². The third kappa shape index (κ3) is 7.47. The van der Waals surface area contributed by atoms with Gasteiger partial charge in [-0.15, -0.1) is 0 Å². The predicted octanol–water partition coefficient (Wildman–Crippen LogP) is 4.53. The van der Waals surface area contributed by atoms with Crippen LogP contribution in [-0.4, -0.2) is 14.7 Å². The van der Waals surface area contributed by atoms with E-state index in [1.165, 1.54) is 9.13 Å². The maximum Gasteiger partial charge on any atom is 0.248 e. The Kier molecular flexibility index (Phi) is 9.43. The van der Waals surface area contributed by atoms with Gasteiger partial charge >= 0.3 is 0 Å². The fourth-order valence-electron chi connectivity index (χ4n) is 2.86. The highest BCUT2D eigenvalue weighted by atomic mass is 127. The molecule has 0 saturated carbocycles. The van der Waals surface area contributed by atoms with Crippen LogP contribution in [0, 0.1) is 10.5 Å². The lowest BCUT2D eigenvalue weighted by Gasteiger charge is -2.16. The van der Waals surface area contributed by atoms with Gasteiger partial charge in [-0.05, 0) is 88.7 Å². The Morgan fingerprint density at radius 1 is 1.10 bits per heavy atom. The van der Waals surface area contributed by atoms with Crippen LogP contribution in [-0.2, 0) is 17.7 Å². The molecule has 0 heterocycles. The molecule has 1 unspecified atom stereocenters. The molecule has 0 bridgehead atoms. The second kappa shape index (κ2) is 11.6. The van der Waals surface area contributed by atoms with Gasteiger partial charge in [-0.2, -0.15) is 0 Å². The molecule has 0 saturated heterocycles. The molecular weight excluding hydrogens is 581 g/mol. The van der Waals surface area contributed by atoms with Crippen molar-refractivity contribution in [3.63, 3.8) is 0 Å². The molecule has 158 valence electrons. The summed E-state index contributed by atoms with van der Waals surface area (Å²) >= 11 is 3.50. The van der Waals surface area contributed by atoms with Gasteiger partial charge in [-0.3, -0.25) is 14.1 Å². The number of halogens is 2. The van der Waals surface area contributed by atoms with Crippen molar-refractivity contribution in [2.45, 2.75) is 13.3 Å². The van der Waals surface area contributed by atoms with Crippen LogP contribution in [0.5, 0.6) is 0 Å². The van der Waals surface area contributed by atoms with Gasteiger partial charge in [-0.1, -0.05) is 34.1 Å². The molecule has 30 heavy (non-hydrogen) atoms. The first kappa shape index (κ1) is 24.5. The minimum absolute atomic E-state index is 0.404. The zero-order valence-corrected chi connectivity index (χ0v) is 20.6. The number of benzene rings is 3. The van der Waals surface area contributed by atoms with Gasteiger partial charge in [0.15, 0.2) is 0 Å². The SMILES string of the molecule is Cc1cc(I)ccc1Nc1ccc(Br)cc1Cc1ccccc1C(N)=O.NS(=O)[O-]. The topological polar surface area (TPSA) is 121 Å². The predicted molar refractivity (Wildman–Crippen MR) is 132 cm³/mol. The Morgan fingerprint density at radius 3 is 2.37 bits per heavy atom. The number of aryl methyl sites for hydroxylation is 1. The average Bonchev–Trinajstić information content (AvgIpc) is 2.65. The molecule has 0 aliphatic carbocycles. The van der Waals surface area contributed by atoms with Crippen LogP contribution in [0.2, 0.25) is 0 Å². The fourth-order valence-corrected chi connectivity index (χ4v) is 3.92. The first-order chi connectivity index (χ1) is 14.2. The fraction of sp³-hybridized carbons (Fsp3) is 0.0952. The molecule has 0 aliphatic rings.